The second-order valence-electron chi connectivity index (χ2n) is 5.42. The van der Waals surface area contributed by atoms with Crippen LogP contribution in [0.3, 0.4) is 0 Å². The molecule has 0 bridgehead atoms. The smallest absolute Gasteiger partial charge is 0.147 e. The van der Waals surface area contributed by atoms with Crippen molar-refractivity contribution >= 4 is 21.7 Å². The molecule has 0 radical (unpaired) electrons. The van der Waals surface area contributed by atoms with E-state index in [0.29, 0.717) is 0 Å². The fourth-order valence-corrected chi connectivity index (χ4v) is 3.07. The molecule has 0 saturated carbocycles. The largest absolute Gasteiger partial charge is 0.308 e. The Labute approximate surface area is 133 Å². The van der Waals surface area contributed by atoms with Gasteiger partial charge in [-0.1, -0.05) is 34.5 Å². The van der Waals surface area contributed by atoms with E-state index < -0.39 is 0 Å². The van der Waals surface area contributed by atoms with Gasteiger partial charge in [0.15, 0.2) is 0 Å². The summed E-state index contributed by atoms with van der Waals surface area (Å²) in [5.41, 5.74) is 6.34. The van der Waals surface area contributed by atoms with Crippen molar-refractivity contribution in [2.24, 2.45) is 5.84 Å². The second kappa shape index (κ2) is 6.54. The molecule has 1 aromatic heterocycles. The van der Waals surface area contributed by atoms with Gasteiger partial charge in [-0.05, 0) is 43.4 Å². The Balaban J connectivity index is 1.92. The summed E-state index contributed by atoms with van der Waals surface area (Å²) >= 11 is 3.45. The minimum atomic E-state index is 0.731. The van der Waals surface area contributed by atoms with Crippen molar-refractivity contribution in [3.05, 3.63) is 51.4 Å². The molecular formula is C16H19BrN4. The van der Waals surface area contributed by atoms with Gasteiger partial charge in [0.25, 0.3) is 0 Å². The third-order valence-electron chi connectivity index (χ3n) is 3.89. The van der Waals surface area contributed by atoms with Gasteiger partial charge in [-0.3, -0.25) is 0 Å². The number of anilines is 1. The Morgan fingerprint density at radius 2 is 1.81 bits per heavy atom. The molecule has 2 aromatic rings. The van der Waals surface area contributed by atoms with Crippen molar-refractivity contribution in [1.29, 1.82) is 0 Å². The van der Waals surface area contributed by atoms with Crippen LogP contribution in [0.15, 0.2) is 28.7 Å². The zero-order valence-electron chi connectivity index (χ0n) is 11.9. The van der Waals surface area contributed by atoms with Crippen LogP contribution in [0.25, 0.3) is 0 Å². The van der Waals surface area contributed by atoms with E-state index in [2.05, 4.69) is 38.5 Å². The molecule has 0 aliphatic heterocycles. The van der Waals surface area contributed by atoms with Crippen LogP contribution in [-0.4, -0.2) is 9.97 Å². The van der Waals surface area contributed by atoms with E-state index in [4.69, 9.17) is 10.8 Å². The number of rotatable bonds is 3. The van der Waals surface area contributed by atoms with E-state index in [1.54, 1.807) is 0 Å². The minimum Gasteiger partial charge on any atom is -0.308 e. The van der Waals surface area contributed by atoms with E-state index in [1.165, 1.54) is 36.1 Å². The van der Waals surface area contributed by atoms with Crippen molar-refractivity contribution in [2.45, 2.75) is 38.5 Å². The van der Waals surface area contributed by atoms with Gasteiger partial charge in [0.2, 0.25) is 0 Å². The number of nitrogens with one attached hydrogen (secondary N) is 1. The van der Waals surface area contributed by atoms with Crippen LogP contribution in [0.2, 0.25) is 0 Å². The molecule has 21 heavy (non-hydrogen) atoms. The first-order valence-electron chi connectivity index (χ1n) is 7.36. The predicted octanol–water partition coefficient (Wildman–Crippen LogP) is 3.38. The quantitative estimate of drug-likeness (QED) is 0.508. The number of hydrazine groups is 1. The van der Waals surface area contributed by atoms with Gasteiger partial charge < -0.3 is 5.43 Å². The fourth-order valence-electron chi connectivity index (χ4n) is 2.81. The van der Waals surface area contributed by atoms with Crippen molar-refractivity contribution in [3.8, 4) is 0 Å². The van der Waals surface area contributed by atoms with Crippen molar-refractivity contribution < 1.29 is 0 Å². The molecule has 5 heteroatoms. The van der Waals surface area contributed by atoms with E-state index in [1.807, 2.05) is 12.1 Å². The molecule has 4 nitrogen and oxygen atoms in total. The van der Waals surface area contributed by atoms with Gasteiger partial charge in [0, 0.05) is 22.2 Å². The van der Waals surface area contributed by atoms with Gasteiger partial charge in [0.05, 0.1) is 0 Å². The average molecular weight is 347 g/mol. The van der Waals surface area contributed by atoms with E-state index in [0.717, 1.165) is 35.4 Å². The minimum absolute atomic E-state index is 0.731. The normalized spacial score (nSPS) is 14.4. The van der Waals surface area contributed by atoms with Gasteiger partial charge in [-0.15, -0.1) is 0 Å². The Morgan fingerprint density at radius 3 is 2.57 bits per heavy atom. The number of hydrogen-bond donors (Lipinski definition) is 2. The number of aryl methyl sites for hydroxylation is 1. The van der Waals surface area contributed by atoms with E-state index >= 15 is 0 Å². The molecule has 1 aliphatic rings. The second-order valence-corrected chi connectivity index (χ2v) is 6.34. The first-order valence-corrected chi connectivity index (χ1v) is 8.15. The number of hydrogen-bond acceptors (Lipinski definition) is 4. The first kappa shape index (κ1) is 14.5. The van der Waals surface area contributed by atoms with Gasteiger partial charge >= 0.3 is 0 Å². The summed E-state index contributed by atoms with van der Waals surface area (Å²) in [4.78, 5) is 9.39. The summed E-state index contributed by atoms with van der Waals surface area (Å²) in [6, 6.07) is 8.27. The molecule has 3 rings (SSSR count). The fraction of sp³-hybridized carbons (Fsp3) is 0.375. The number of nitrogens with two attached hydrogens (primary N) is 1. The average Bonchev–Trinajstić information content (AvgIpc) is 2.74. The van der Waals surface area contributed by atoms with Crippen molar-refractivity contribution in [1.82, 2.24) is 9.97 Å². The molecule has 1 aromatic carbocycles. The summed E-state index contributed by atoms with van der Waals surface area (Å²) in [6.07, 6.45) is 6.42. The number of nitrogen functional groups attached to an aromatic ring is 1. The van der Waals surface area contributed by atoms with Crippen molar-refractivity contribution in [2.75, 3.05) is 5.43 Å². The summed E-state index contributed by atoms with van der Waals surface area (Å²) in [7, 11) is 0. The lowest BCUT2D eigenvalue weighted by molar-refractivity contribution is 0.708. The number of aromatic nitrogens is 2. The highest BCUT2D eigenvalue weighted by molar-refractivity contribution is 9.10. The third-order valence-corrected chi connectivity index (χ3v) is 4.42. The first-order chi connectivity index (χ1) is 10.3. The SMILES string of the molecule is NNc1nc(Cc2ccc(Br)cc2)nc2c1CCCCC2. The maximum atomic E-state index is 5.66. The summed E-state index contributed by atoms with van der Waals surface area (Å²) in [5, 5.41) is 0. The summed E-state index contributed by atoms with van der Waals surface area (Å²) in [5.74, 6) is 7.30. The van der Waals surface area contributed by atoms with Crippen LogP contribution in [0.4, 0.5) is 5.82 Å². The van der Waals surface area contributed by atoms with Gasteiger partial charge in [-0.2, -0.15) is 0 Å². The third kappa shape index (κ3) is 3.41. The molecule has 0 fully saturated rings. The lowest BCUT2D eigenvalue weighted by Crippen LogP contribution is -2.15. The van der Waals surface area contributed by atoms with Crippen LogP contribution in [0.5, 0.6) is 0 Å². The maximum Gasteiger partial charge on any atom is 0.147 e. The lowest BCUT2D eigenvalue weighted by atomic mass is 10.1. The Morgan fingerprint density at radius 1 is 1.05 bits per heavy atom. The highest BCUT2D eigenvalue weighted by Crippen LogP contribution is 2.25. The molecule has 0 unspecified atom stereocenters. The van der Waals surface area contributed by atoms with Gasteiger partial charge in [0.1, 0.15) is 11.6 Å². The molecule has 3 N–H and O–H groups in total. The number of fused-ring (bicyclic) bond motifs is 1. The molecule has 1 aliphatic carbocycles. The molecule has 110 valence electrons. The van der Waals surface area contributed by atoms with Crippen molar-refractivity contribution in [3.63, 3.8) is 0 Å². The van der Waals surface area contributed by atoms with Crippen LogP contribution in [-0.2, 0) is 19.3 Å². The molecule has 0 spiro atoms. The molecule has 1 heterocycles. The van der Waals surface area contributed by atoms with Crippen LogP contribution in [0.1, 0.15) is 41.9 Å². The number of benzene rings is 1. The maximum absolute atomic E-state index is 5.66. The Bertz CT molecular complexity index is 625. The van der Waals surface area contributed by atoms with Crippen LogP contribution in [0, 0.1) is 0 Å². The summed E-state index contributed by atoms with van der Waals surface area (Å²) in [6.45, 7) is 0. The predicted molar refractivity (Wildman–Crippen MR) is 88.0 cm³/mol. The van der Waals surface area contributed by atoms with Crippen LogP contribution < -0.4 is 11.3 Å². The summed E-state index contributed by atoms with van der Waals surface area (Å²) < 4.78 is 1.08. The Hall–Kier alpha value is -1.46. The highest BCUT2D eigenvalue weighted by atomic mass is 79.9. The van der Waals surface area contributed by atoms with E-state index in [9.17, 15) is 0 Å². The standard InChI is InChI=1S/C16H19BrN4/c17-12-8-6-11(7-9-12)10-15-19-14-5-3-1-2-4-13(14)16(20-15)21-18/h6-9H,1-5,10,18H2,(H,19,20,21). The van der Waals surface area contributed by atoms with Gasteiger partial charge in [-0.25, -0.2) is 15.8 Å². The molecule has 0 atom stereocenters. The topological polar surface area (TPSA) is 63.8 Å². The molecular weight excluding hydrogens is 328 g/mol. The number of halogens is 1. The zero-order valence-corrected chi connectivity index (χ0v) is 13.5. The van der Waals surface area contributed by atoms with E-state index in [-0.39, 0.29) is 0 Å². The number of nitrogens with zero attached hydrogens (tertiary/aromatic N) is 2. The Kier molecular flexibility index (Phi) is 4.51. The monoisotopic (exact) mass is 346 g/mol. The molecule has 0 saturated heterocycles. The zero-order chi connectivity index (χ0) is 14.7. The highest BCUT2D eigenvalue weighted by Gasteiger charge is 2.16. The van der Waals surface area contributed by atoms with Crippen LogP contribution >= 0.6 is 15.9 Å². The lowest BCUT2D eigenvalue weighted by Gasteiger charge is -2.12. The molecule has 0 amide bonds.